The zero-order valence-corrected chi connectivity index (χ0v) is 12.0. The van der Waals surface area contributed by atoms with Crippen LogP contribution in [0.2, 0.25) is 0 Å². The van der Waals surface area contributed by atoms with Gasteiger partial charge in [0.25, 0.3) is 0 Å². The van der Waals surface area contributed by atoms with Gasteiger partial charge in [-0.1, -0.05) is 12.1 Å². The summed E-state index contributed by atoms with van der Waals surface area (Å²) in [6, 6.07) is 10.3. The molecule has 21 heavy (non-hydrogen) atoms. The molecule has 0 bridgehead atoms. The zero-order chi connectivity index (χ0) is 14.2. The van der Waals surface area contributed by atoms with Gasteiger partial charge in [0.1, 0.15) is 36.9 Å². The number of aryl methyl sites for hydroxylation is 1. The third kappa shape index (κ3) is 2.96. The monoisotopic (exact) mass is 286 g/mol. The molecule has 2 aromatic carbocycles. The average Bonchev–Trinajstić information content (AvgIpc) is 3.38. The van der Waals surface area contributed by atoms with Crippen LogP contribution in [0.15, 0.2) is 30.3 Å². The highest BCUT2D eigenvalue weighted by Crippen LogP contribution is 2.30. The summed E-state index contributed by atoms with van der Waals surface area (Å²) in [6.07, 6.45) is 0.559. The summed E-state index contributed by atoms with van der Waals surface area (Å²) in [4.78, 5) is 0. The van der Waals surface area contributed by atoms with Crippen LogP contribution in [-0.4, -0.2) is 38.6 Å². The van der Waals surface area contributed by atoms with E-state index in [0.29, 0.717) is 13.2 Å². The molecule has 4 nitrogen and oxygen atoms in total. The van der Waals surface area contributed by atoms with Crippen molar-refractivity contribution < 1.29 is 18.9 Å². The molecule has 4 rings (SSSR count). The summed E-state index contributed by atoms with van der Waals surface area (Å²) in [5.74, 6) is 1.82. The Morgan fingerprint density at radius 1 is 1.00 bits per heavy atom. The number of hydrogen-bond donors (Lipinski definition) is 0. The largest absolute Gasteiger partial charge is 0.491 e. The molecule has 2 unspecified atom stereocenters. The van der Waals surface area contributed by atoms with Crippen LogP contribution in [0, 0.1) is 6.92 Å². The van der Waals surface area contributed by atoms with Crippen LogP contribution in [-0.2, 0) is 9.47 Å². The van der Waals surface area contributed by atoms with Crippen molar-refractivity contribution in [2.24, 2.45) is 0 Å². The fourth-order valence-corrected chi connectivity index (χ4v) is 2.39. The first-order valence-corrected chi connectivity index (χ1v) is 7.32. The molecule has 2 aliphatic rings. The standard InChI is InChI=1S/C17H18O4/c1-11-16-4-3-13(18-7-14-8-19-14)6-12(16)2-5-17(11)21-10-15-9-20-15/h2-6,14-15H,7-10H2,1H3. The highest BCUT2D eigenvalue weighted by molar-refractivity contribution is 5.88. The van der Waals surface area contributed by atoms with Crippen LogP contribution in [0.4, 0.5) is 0 Å². The second-order valence-corrected chi connectivity index (χ2v) is 5.60. The number of benzene rings is 2. The summed E-state index contributed by atoms with van der Waals surface area (Å²) in [5, 5.41) is 2.36. The van der Waals surface area contributed by atoms with Crippen LogP contribution in [0.3, 0.4) is 0 Å². The lowest BCUT2D eigenvalue weighted by molar-refractivity contribution is 0.262. The van der Waals surface area contributed by atoms with Crippen molar-refractivity contribution in [3.05, 3.63) is 35.9 Å². The predicted molar refractivity (Wildman–Crippen MR) is 79.2 cm³/mol. The van der Waals surface area contributed by atoms with E-state index in [4.69, 9.17) is 18.9 Å². The van der Waals surface area contributed by atoms with Crippen LogP contribution in [0.25, 0.3) is 10.8 Å². The lowest BCUT2D eigenvalue weighted by Gasteiger charge is -2.12. The van der Waals surface area contributed by atoms with Crippen LogP contribution in [0.5, 0.6) is 11.5 Å². The first-order valence-electron chi connectivity index (χ1n) is 7.32. The molecule has 110 valence electrons. The molecule has 4 heteroatoms. The Labute approximate surface area is 123 Å². The van der Waals surface area contributed by atoms with Crippen molar-refractivity contribution in [2.45, 2.75) is 19.1 Å². The van der Waals surface area contributed by atoms with E-state index in [1.807, 2.05) is 12.1 Å². The Morgan fingerprint density at radius 3 is 2.43 bits per heavy atom. The van der Waals surface area contributed by atoms with Crippen molar-refractivity contribution in [3.8, 4) is 11.5 Å². The molecule has 0 N–H and O–H groups in total. The molecule has 2 atom stereocenters. The maximum atomic E-state index is 5.81. The highest BCUT2D eigenvalue weighted by Gasteiger charge is 2.24. The average molecular weight is 286 g/mol. The van der Waals surface area contributed by atoms with E-state index in [9.17, 15) is 0 Å². The molecule has 0 radical (unpaired) electrons. The lowest BCUT2D eigenvalue weighted by atomic mass is 10.0. The molecule has 0 amide bonds. The summed E-state index contributed by atoms with van der Waals surface area (Å²) >= 11 is 0. The fourth-order valence-electron chi connectivity index (χ4n) is 2.39. The molecule has 0 aliphatic carbocycles. The number of rotatable bonds is 6. The normalized spacial score (nSPS) is 23.1. The van der Waals surface area contributed by atoms with Gasteiger partial charge in [0.05, 0.1) is 13.2 Å². The van der Waals surface area contributed by atoms with E-state index in [0.717, 1.165) is 35.7 Å². The van der Waals surface area contributed by atoms with E-state index < -0.39 is 0 Å². The van der Waals surface area contributed by atoms with Crippen molar-refractivity contribution in [3.63, 3.8) is 0 Å². The predicted octanol–water partition coefficient (Wildman–Crippen LogP) is 2.70. The minimum Gasteiger partial charge on any atom is -0.491 e. The maximum absolute atomic E-state index is 5.81. The minimum atomic E-state index is 0.278. The van der Waals surface area contributed by atoms with Crippen molar-refractivity contribution in [1.82, 2.24) is 0 Å². The summed E-state index contributed by atoms with van der Waals surface area (Å²) in [5.41, 5.74) is 1.16. The van der Waals surface area contributed by atoms with E-state index in [2.05, 4.69) is 25.1 Å². The van der Waals surface area contributed by atoms with E-state index >= 15 is 0 Å². The molecule has 2 saturated heterocycles. The second kappa shape index (κ2) is 5.20. The van der Waals surface area contributed by atoms with Gasteiger partial charge in [0.2, 0.25) is 0 Å². The third-order valence-corrected chi connectivity index (χ3v) is 3.88. The van der Waals surface area contributed by atoms with Gasteiger partial charge in [-0.25, -0.2) is 0 Å². The van der Waals surface area contributed by atoms with E-state index in [1.54, 1.807) is 0 Å². The van der Waals surface area contributed by atoms with E-state index in [-0.39, 0.29) is 12.2 Å². The number of fused-ring (bicyclic) bond motifs is 1. The number of epoxide rings is 2. The molecule has 0 spiro atoms. The number of ether oxygens (including phenoxy) is 4. The van der Waals surface area contributed by atoms with Crippen molar-refractivity contribution >= 4 is 10.8 Å². The molecule has 2 heterocycles. The Morgan fingerprint density at radius 2 is 1.71 bits per heavy atom. The lowest BCUT2D eigenvalue weighted by Crippen LogP contribution is -2.05. The van der Waals surface area contributed by atoms with Crippen LogP contribution < -0.4 is 9.47 Å². The smallest absolute Gasteiger partial charge is 0.122 e. The fraction of sp³-hybridized carbons (Fsp3) is 0.412. The van der Waals surface area contributed by atoms with Crippen LogP contribution in [0.1, 0.15) is 5.56 Å². The molecular weight excluding hydrogens is 268 g/mol. The minimum absolute atomic E-state index is 0.278. The van der Waals surface area contributed by atoms with Gasteiger partial charge in [0.15, 0.2) is 0 Å². The van der Waals surface area contributed by atoms with Gasteiger partial charge in [-0.15, -0.1) is 0 Å². The van der Waals surface area contributed by atoms with Gasteiger partial charge in [-0.2, -0.15) is 0 Å². The van der Waals surface area contributed by atoms with E-state index in [1.165, 1.54) is 5.39 Å². The van der Waals surface area contributed by atoms with Gasteiger partial charge in [-0.05, 0) is 41.5 Å². The summed E-state index contributed by atoms with van der Waals surface area (Å²) in [6.45, 7) is 4.99. The quantitative estimate of drug-likeness (QED) is 0.766. The summed E-state index contributed by atoms with van der Waals surface area (Å²) < 4.78 is 21.9. The molecule has 2 fully saturated rings. The Kier molecular flexibility index (Phi) is 3.20. The Balaban J connectivity index is 1.54. The van der Waals surface area contributed by atoms with Gasteiger partial charge < -0.3 is 18.9 Å². The molecule has 0 saturated carbocycles. The second-order valence-electron chi connectivity index (χ2n) is 5.60. The Bertz CT molecular complexity index is 659. The first kappa shape index (κ1) is 12.9. The Hall–Kier alpha value is -1.78. The SMILES string of the molecule is Cc1c(OCC2CO2)ccc2cc(OCC3CO3)ccc12. The van der Waals surface area contributed by atoms with Gasteiger partial charge in [-0.3, -0.25) is 0 Å². The molecular formula is C17H18O4. The third-order valence-electron chi connectivity index (χ3n) is 3.88. The molecule has 0 aromatic heterocycles. The topological polar surface area (TPSA) is 43.5 Å². The van der Waals surface area contributed by atoms with Crippen LogP contribution >= 0.6 is 0 Å². The highest BCUT2D eigenvalue weighted by atomic mass is 16.6. The van der Waals surface area contributed by atoms with Gasteiger partial charge in [0, 0.05) is 0 Å². The van der Waals surface area contributed by atoms with Crippen molar-refractivity contribution in [1.29, 1.82) is 0 Å². The maximum Gasteiger partial charge on any atom is 0.122 e. The molecule has 2 aliphatic heterocycles. The van der Waals surface area contributed by atoms with Crippen molar-refractivity contribution in [2.75, 3.05) is 26.4 Å². The molecule has 2 aromatic rings. The van der Waals surface area contributed by atoms with Gasteiger partial charge >= 0.3 is 0 Å². The zero-order valence-electron chi connectivity index (χ0n) is 12.0. The first-order chi connectivity index (χ1) is 10.3. The number of hydrogen-bond acceptors (Lipinski definition) is 4. The summed E-state index contributed by atoms with van der Waals surface area (Å²) in [7, 11) is 0.